The monoisotopic (exact) mass is 577 g/mol. The molecule has 0 bridgehead atoms. The average molecular weight is 578 g/mol. The quantitative estimate of drug-likeness (QED) is 0.130. The van der Waals surface area contributed by atoms with Gasteiger partial charge in [0.1, 0.15) is 0 Å². The Kier molecular flexibility index (Phi) is 8.52. The number of nitrogens with zero attached hydrogens (tertiary/aromatic N) is 4. The lowest BCUT2D eigenvalue weighted by Crippen LogP contribution is -2.21. The van der Waals surface area contributed by atoms with Crippen LogP contribution in [0, 0.1) is 17.0 Å². The highest BCUT2D eigenvalue weighted by Crippen LogP contribution is 2.38. The summed E-state index contributed by atoms with van der Waals surface area (Å²) in [5, 5.41) is 19.5. The summed E-state index contributed by atoms with van der Waals surface area (Å²) < 4.78 is 12.4. The Balaban J connectivity index is 1.50. The number of anilines is 1. The SMILES string of the molecule is CCOc1cc(C=Nn2c(-c3ccccc3)nc3ccccc3c2=O)cc([N+](=O)[O-])c1OCC(=O)Nc1ccc(C)cc1. The molecule has 0 saturated heterocycles. The van der Waals surface area contributed by atoms with Gasteiger partial charge in [0.05, 0.1) is 28.6 Å². The molecule has 11 nitrogen and oxygen atoms in total. The Morgan fingerprint density at radius 2 is 1.74 bits per heavy atom. The van der Waals surface area contributed by atoms with Crippen LogP contribution in [0.15, 0.2) is 101 Å². The number of nitro groups is 1. The maximum atomic E-state index is 13.5. The minimum absolute atomic E-state index is 0.0496. The van der Waals surface area contributed by atoms with E-state index in [0.717, 1.165) is 10.2 Å². The molecule has 0 aliphatic heterocycles. The van der Waals surface area contributed by atoms with Crippen LogP contribution < -0.4 is 20.3 Å². The van der Waals surface area contributed by atoms with Crippen molar-refractivity contribution in [3.8, 4) is 22.9 Å². The summed E-state index contributed by atoms with van der Waals surface area (Å²) in [6, 6.07) is 26.0. The molecule has 0 fully saturated rings. The third-order valence-electron chi connectivity index (χ3n) is 6.35. The molecule has 4 aromatic carbocycles. The molecule has 43 heavy (non-hydrogen) atoms. The number of nitro benzene ring substituents is 1. The number of hydrogen-bond donors (Lipinski definition) is 1. The maximum Gasteiger partial charge on any atom is 0.315 e. The van der Waals surface area contributed by atoms with Gasteiger partial charge < -0.3 is 14.8 Å². The van der Waals surface area contributed by atoms with Crippen molar-refractivity contribution in [2.75, 3.05) is 18.5 Å². The molecule has 0 aliphatic rings. The molecule has 0 atom stereocenters. The van der Waals surface area contributed by atoms with Gasteiger partial charge in [0.15, 0.2) is 18.2 Å². The van der Waals surface area contributed by atoms with Crippen LogP contribution >= 0.6 is 0 Å². The van der Waals surface area contributed by atoms with Crippen LogP contribution in [-0.4, -0.2) is 39.9 Å². The van der Waals surface area contributed by atoms with E-state index in [0.29, 0.717) is 28.0 Å². The minimum Gasteiger partial charge on any atom is -0.490 e. The Hall–Kier alpha value is -5.84. The Labute approximate surface area is 246 Å². The third-order valence-corrected chi connectivity index (χ3v) is 6.35. The molecule has 0 saturated carbocycles. The summed E-state index contributed by atoms with van der Waals surface area (Å²) in [4.78, 5) is 42.1. The fourth-order valence-electron chi connectivity index (χ4n) is 4.33. The lowest BCUT2D eigenvalue weighted by Gasteiger charge is -2.13. The molecule has 5 aromatic rings. The van der Waals surface area contributed by atoms with Gasteiger partial charge in [0, 0.05) is 22.9 Å². The summed E-state index contributed by atoms with van der Waals surface area (Å²) in [6.07, 6.45) is 1.31. The fraction of sp³-hybridized carbons (Fsp3) is 0.125. The lowest BCUT2D eigenvalue weighted by molar-refractivity contribution is -0.385. The Morgan fingerprint density at radius 3 is 2.47 bits per heavy atom. The van der Waals surface area contributed by atoms with E-state index in [1.165, 1.54) is 18.3 Å². The van der Waals surface area contributed by atoms with Crippen LogP contribution in [0.1, 0.15) is 18.1 Å². The zero-order valence-corrected chi connectivity index (χ0v) is 23.4. The van der Waals surface area contributed by atoms with Gasteiger partial charge in [-0.15, -0.1) is 0 Å². The number of nitrogens with one attached hydrogen (secondary N) is 1. The molecular formula is C32H27N5O6. The number of amides is 1. The van der Waals surface area contributed by atoms with E-state index >= 15 is 0 Å². The molecule has 216 valence electrons. The van der Waals surface area contributed by atoms with Gasteiger partial charge in [-0.05, 0) is 44.2 Å². The highest BCUT2D eigenvalue weighted by atomic mass is 16.6. The van der Waals surface area contributed by atoms with Crippen LogP contribution in [0.4, 0.5) is 11.4 Å². The number of aryl methyl sites for hydroxylation is 1. The second kappa shape index (κ2) is 12.8. The van der Waals surface area contributed by atoms with Crippen molar-refractivity contribution in [3.05, 3.63) is 123 Å². The standard InChI is InChI=1S/C32H27N5O6/c1-3-42-28-18-22(17-27(37(40)41)30(28)43-20-29(38)34-24-15-13-21(2)14-16-24)19-33-36-31(23-9-5-4-6-10-23)35-26-12-8-7-11-25(26)32(36)39/h4-19H,3,20H2,1-2H3,(H,34,38). The van der Waals surface area contributed by atoms with E-state index in [9.17, 15) is 19.7 Å². The van der Waals surface area contributed by atoms with Crippen molar-refractivity contribution in [1.82, 2.24) is 9.66 Å². The zero-order valence-electron chi connectivity index (χ0n) is 23.4. The first-order valence-electron chi connectivity index (χ1n) is 13.4. The van der Waals surface area contributed by atoms with E-state index in [1.54, 1.807) is 43.3 Å². The molecule has 1 N–H and O–H groups in total. The van der Waals surface area contributed by atoms with Crippen molar-refractivity contribution in [1.29, 1.82) is 0 Å². The van der Waals surface area contributed by atoms with Crippen molar-refractivity contribution in [2.45, 2.75) is 13.8 Å². The van der Waals surface area contributed by atoms with Crippen LogP contribution in [0.2, 0.25) is 0 Å². The molecule has 0 spiro atoms. The number of carbonyl (C=O) groups is 1. The highest BCUT2D eigenvalue weighted by molar-refractivity contribution is 5.92. The number of rotatable bonds is 10. The molecule has 1 aromatic heterocycles. The largest absolute Gasteiger partial charge is 0.490 e. The maximum absolute atomic E-state index is 13.5. The predicted octanol–water partition coefficient (Wildman–Crippen LogP) is 5.58. The van der Waals surface area contributed by atoms with Crippen LogP contribution in [0.3, 0.4) is 0 Å². The number of ether oxygens (including phenoxy) is 2. The van der Waals surface area contributed by atoms with Gasteiger partial charge in [0.25, 0.3) is 11.5 Å². The number of hydrogen-bond acceptors (Lipinski definition) is 8. The summed E-state index contributed by atoms with van der Waals surface area (Å²) >= 11 is 0. The van der Waals surface area contributed by atoms with Gasteiger partial charge in [-0.25, -0.2) is 4.98 Å². The average Bonchev–Trinajstić information content (AvgIpc) is 3.01. The molecule has 5 rings (SSSR count). The number of carbonyl (C=O) groups excluding carboxylic acids is 1. The summed E-state index contributed by atoms with van der Waals surface area (Å²) in [7, 11) is 0. The minimum atomic E-state index is -0.633. The van der Waals surface area contributed by atoms with Gasteiger partial charge in [-0.2, -0.15) is 9.78 Å². The smallest absolute Gasteiger partial charge is 0.315 e. The highest BCUT2D eigenvalue weighted by Gasteiger charge is 2.24. The zero-order chi connectivity index (χ0) is 30.3. The molecule has 0 aliphatic carbocycles. The number of benzene rings is 4. The lowest BCUT2D eigenvalue weighted by atomic mass is 10.1. The van der Waals surface area contributed by atoms with Crippen LogP contribution in [0.5, 0.6) is 11.5 Å². The van der Waals surface area contributed by atoms with Crippen molar-refractivity contribution in [3.63, 3.8) is 0 Å². The van der Waals surface area contributed by atoms with E-state index in [-0.39, 0.29) is 23.7 Å². The summed E-state index contributed by atoms with van der Waals surface area (Å²) in [6.45, 7) is 3.33. The van der Waals surface area contributed by atoms with E-state index in [2.05, 4.69) is 15.4 Å². The molecule has 1 heterocycles. The van der Waals surface area contributed by atoms with E-state index in [1.807, 2.05) is 49.4 Å². The molecular weight excluding hydrogens is 550 g/mol. The second-order valence-electron chi connectivity index (χ2n) is 9.44. The molecule has 11 heteroatoms. The normalized spacial score (nSPS) is 11.0. The van der Waals surface area contributed by atoms with Gasteiger partial charge in [-0.1, -0.05) is 60.2 Å². The Morgan fingerprint density at radius 1 is 1.02 bits per heavy atom. The fourth-order valence-corrected chi connectivity index (χ4v) is 4.33. The number of fused-ring (bicyclic) bond motifs is 1. The Bertz CT molecular complexity index is 1890. The van der Waals surface area contributed by atoms with Crippen molar-refractivity contribution in [2.24, 2.45) is 5.10 Å². The van der Waals surface area contributed by atoms with Crippen LogP contribution in [-0.2, 0) is 4.79 Å². The molecule has 0 unspecified atom stereocenters. The molecule has 1 amide bonds. The topological polar surface area (TPSA) is 138 Å². The number of aromatic nitrogens is 2. The van der Waals surface area contributed by atoms with Gasteiger partial charge in [0.2, 0.25) is 5.75 Å². The van der Waals surface area contributed by atoms with Crippen LogP contribution in [0.25, 0.3) is 22.3 Å². The predicted molar refractivity (Wildman–Crippen MR) is 164 cm³/mol. The summed E-state index contributed by atoms with van der Waals surface area (Å²) in [5.41, 5.74) is 2.22. The van der Waals surface area contributed by atoms with E-state index < -0.39 is 28.7 Å². The third kappa shape index (κ3) is 6.57. The number of para-hydroxylation sites is 1. The molecule has 0 radical (unpaired) electrons. The van der Waals surface area contributed by atoms with Crippen molar-refractivity contribution >= 4 is 34.4 Å². The second-order valence-corrected chi connectivity index (χ2v) is 9.44. The van der Waals surface area contributed by atoms with Gasteiger partial charge in [-0.3, -0.25) is 19.7 Å². The first kappa shape index (κ1) is 28.7. The van der Waals surface area contributed by atoms with E-state index in [4.69, 9.17) is 9.47 Å². The van der Waals surface area contributed by atoms with Gasteiger partial charge >= 0.3 is 5.69 Å². The first-order chi connectivity index (χ1) is 20.8. The first-order valence-corrected chi connectivity index (χ1v) is 13.4. The van der Waals surface area contributed by atoms with Crippen molar-refractivity contribution < 1.29 is 19.2 Å². The summed E-state index contributed by atoms with van der Waals surface area (Å²) in [5.74, 6) is -0.339.